The van der Waals surface area contributed by atoms with E-state index in [2.05, 4.69) is 10.5 Å². The quantitative estimate of drug-likeness (QED) is 0.660. The third kappa shape index (κ3) is 4.80. The van der Waals surface area contributed by atoms with Crippen molar-refractivity contribution < 1.29 is 23.6 Å². The number of rotatable bonds is 7. The first-order chi connectivity index (χ1) is 15.5. The van der Waals surface area contributed by atoms with E-state index in [9.17, 15) is 9.59 Å². The molecule has 1 saturated heterocycles. The van der Waals surface area contributed by atoms with Crippen LogP contribution in [-0.2, 0) is 24.2 Å². The number of methoxy groups -OCH3 is 2. The molecule has 1 N–H and O–H groups in total. The lowest BCUT2D eigenvalue weighted by Gasteiger charge is -2.35. The van der Waals surface area contributed by atoms with Crippen LogP contribution in [0.2, 0.25) is 0 Å². The van der Waals surface area contributed by atoms with Gasteiger partial charge in [0.05, 0.1) is 19.9 Å². The summed E-state index contributed by atoms with van der Waals surface area (Å²) in [5.74, 6) is 2.31. The van der Waals surface area contributed by atoms with Crippen LogP contribution in [0.4, 0.5) is 0 Å². The number of hydrogen-bond acceptors (Lipinski definition) is 7. The highest BCUT2D eigenvalue weighted by Crippen LogP contribution is 2.34. The van der Waals surface area contributed by atoms with Crippen LogP contribution in [0.3, 0.4) is 0 Å². The Hall–Kier alpha value is -2.87. The molecule has 0 bridgehead atoms. The third-order valence-electron chi connectivity index (χ3n) is 6.65. The van der Waals surface area contributed by atoms with E-state index in [1.807, 2.05) is 17.0 Å². The molecule has 4 rings (SSSR count). The van der Waals surface area contributed by atoms with Gasteiger partial charge in [0.15, 0.2) is 17.3 Å². The minimum atomic E-state index is -0.128. The number of carbonyl (C=O) groups is 2. The van der Waals surface area contributed by atoms with Crippen LogP contribution in [0, 0.1) is 11.8 Å². The monoisotopic (exact) mass is 441 g/mol. The van der Waals surface area contributed by atoms with Gasteiger partial charge in [-0.15, -0.1) is 0 Å². The van der Waals surface area contributed by atoms with Gasteiger partial charge in [-0.3, -0.25) is 9.59 Å². The van der Waals surface area contributed by atoms with Gasteiger partial charge in [-0.1, -0.05) is 5.16 Å². The highest BCUT2D eigenvalue weighted by Gasteiger charge is 2.31. The highest BCUT2D eigenvalue weighted by molar-refractivity contribution is 5.91. The Kier molecular flexibility index (Phi) is 6.79. The van der Waals surface area contributed by atoms with Crippen molar-refractivity contribution in [3.05, 3.63) is 40.8 Å². The van der Waals surface area contributed by atoms with Gasteiger partial charge in [-0.25, -0.2) is 0 Å². The van der Waals surface area contributed by atoms with Crippen molar-refractivity contribution in [2.75, 3.05) is 33.9 Å². The van der Waals surface area contributed by atoms with E-state index in [4.69, 9.17) is 14.0 Å². The topological polar surface area (TPSA) is 93.9 Å². The molecule has 1 fully saturated rings. The van der Waals surface area contributed by atoms with Gasteiger partial charge in [0.25, 0.3) is 0 Å². The minimum absolute atomic E-state index is 0.128. The number of hydrogen-bond donors (Lipinski definition) is 1. The number of aromatic nitrogens is 1. The molecule has 172 valence electrons. The smallest absolute Gasteiger partial charge is 0.223 e. The summed E-state index contributed by atoms with van der Waals surface area (Å²) >= 11 is 0. The van der Waals surface area contributed by atoms with Crippen molar-refractivity contribution in [1.29, 1.82) is 0 Å². The van der Waals surface area contributed by atoms with Crippen molar-refractivity contribution in [2.45, 2.75) is 39.2 Å². The summed E-state index contributed by atoms with van der Waals surface area (Å²) in [5.41, 5.74) is 3.09. The van der Waals surface area contributed by atoms with Gasteiger partial charge >= 0.3 is 0 Å². The van der Waals surface area contributed by atoms with Crippen molar-refractivity contribution in [1.82, 2.24) is 15.4 Å². The minimum Gasteiger partial charge on any atom is -0.493 e. The van der Waals surface area contributed by atoms with Crippen molar-refractivity contribution in [3.63, 3.8) is 0 Å². The fourth-order valence-electron chi connectivity index (χ4n) is 4.78. The number of nitrogens with zero attached hydrogens (tertiary/aromatic N) is 2. The Morgan fingerprint density at radius 3 is 2.59 bits per heavy atom. The molecule has 32 heavy (non-hydrogen) atoms. The molecule has 3 heterocycles. The standard InChI is InChI=1S/C24H31N3O5/c1-15(28)21-12-20(26-32-21)8-18-13-25-6-4-16(18)11-24(29)27-7-5-17-9-22(30-2)23(31-3)10-19(17)14-27/h9-10,12,16,18,25H,4-8,11,13-14H2,1-3H3/t16-,18-/m0/s1. The first kappa shape index (κ1) is 22.3. The van der Waals surface area contributed by atoms with Crippen LogP contribution in [0.5, 0.6) is 11.5 Å². The molecule has 1 aromatic heterocycles. The summed E-state index contributed by atoms with van der Waals surface area (Å²) < 4.78 is 16.0. The molecule has 2 aromatic rings. The summed E-state index contributed by atoms with van der Waals surface area (Å²) in [5, 5.41) is 7.48. The highest BCUT2D eigenvalue weighted by atomic mass is 16.5. The number of ketones is 1. The summed E-state index contributed by atoms with van der Waals surface area (Å²) in [7, 11) is 3.26. The third-order valence-corrected chi connectivity index (χ3v) is 6.65. The fourth-order valence-corrected chi connectivity index (χ4v) is 4.78. The summed E-state index contributed by atoms with van der Waals surface area (Å²) in [6.45, 7) is 4.51. The number of benzene rings is 1. The maximum Gasteiger partial charge on any atom is 0.223 e. The number of amides is 1. The van der Waals surface area contributed by atoms with Crippen molar-refractivity contribution >= 4 is 11.7 Å². The second-order valence-electron chi connectivity index (χ2n) is 8.70. The molecule has 0 aliphatic carbocycles. The normalized spacial score (nSPS) is 20.5. The summed E-state index contributed by atoms with van der Waals surface area (Å²) in [4.78, 5) is 26.7. The lowest BCUT2D eigenvalue weighted by atomic mass is 9.80. The molecule has 0 unspecified atom stereocenters. The molecule has 0 saturated carbocycles. The van der Waals surface area contributed by atoms with Crippen LogP contribution in [0.15, 0.2) is 22.7 Å². The molecule has 0 radical (unpaired) electrons. The zero-order valence-corrected chi connectivity index (χ0v) is 19.0. The summed E-state index contributed by atoms with van der Waals surface area (Å²) in [6.07, 6.45) is 2.97. The van der Waals surface area contributed by atoms with Gasteiger partial charge in [-0.2, -0.15) is 0 Å². The molecule has 2 aliphatic heterocycles. The van der Waals surface area contributed by atoms with E-state index < -0.39 is 0 Å². The first-order valence-corrected chi connectivity index (χ1v) is 11.2. The van der Waals surface area contributed by atoms with Gasteiger partial charge in [-0.05, 0) is 67.4 Å². The van der Waals surface area contributed by atoms with Crippen LogP contribution >= 0.6 is 0 Å². The van der Waals surface area contributed by atoms with Crippen LogP contribution < -0.4 is 14.8 Å². The van der Waals surface area contributed by atoms with Gasteiger partial charge in [0, 0.05) is 32.5 Å². The SMILES string of the molecule is COc1cc2c(cc1OC)CN(C(=O)C[C@@H]1CCNC[C@@H]1Cc1cc(C(C)=O)on1)CC2. The maximum atomic E-state index is 13.2. The van der Waals surface area contributed by atoms with E-state index in [1.54, 1.807) is 20.3 Å². The Labute approximate surface area is 188 Å². The second kappa shape index (κ2) is 9.73. The average Bonchev–Trinajstić information content (AvgIpc) is 3.28. The Bertz CT molecular complexity index is 986. The maximum absolute atomic E-state index is 13.2. The molecule has 0 spiro atoms. The lowest BCUT2D eigenvalue weighted by molar-refractivity contribution is -0.133. The van der Waals surface area contributed by atoms with E-state index >= 15 is 0 Å². The van der Waals surface area contributed by atoms with Crippen LogP contribution in [0.1, 0.15) is 47.1 Å². The Balaban J connectivity index is 1.41. The van der Waals surface area contributed by atoms with E-state index in [-0.39, 0.29) is 29.3 Å². The molecular weight excluding hydrogens is 410 g/mol. The average molecular weight is 442 g/mol. The van der Waals surface area contributed by atoms with Gasteiger partial charge in [0.2, 0.25) is 11.7 Å². The van der Waals surface area contributed by atoms with E-state index in [0.717, 1.165) is 42.9 Å². The molecule has 1 aromatic carbocycles. The van der Waals surface area contributed by atoms with Gasteiger partial charge in [0.1, 0.15) is 0 Å². The molecule has 2 atom stereocenters. The number of Topliss-reactive ketones (excluding diaryl/α,β-unsaturated/α-hetero) is 1. The predicted molar refractivity (Wildman–Crippen MR) is 118 cm³/mol. The molecule has 1 amide bonds. The summed E-state index contributed by atoms with van der Waals surface area (Å²) in [6, 6.07) is 5.73. The zero-order valence-electron chi connectivity index (χ0n) is 19.0. The number of piperidine rings is 1. The lowest BCUT2D eigenvalue weighted by Crippen LogP contribution is -2.42. The van der Waals surface area contributed by atoms with Crippen molar-refractivity contribution in [2.24, 2.45) is 11.8 Å². The molecule has 8 heteroatoms. The van der Waals surface area contributed by atoms with Crippen LogP contribution in [0.25, 0.3) is 0 Å². The van der Waals surface area contributed by atoms with E-state index in [1.165, 1.54) is 12.5 Å². The number of ether oxygens (including phenoxy) is 2. The molecular formula is C24H31N3O5. The zero-order chi connectivity index (χ0) is 22.7. The fraction of sp³-hybridized carbons (Fsp3) is 0.542. The Morgan fingerprint density at radius 1 is 1.16 bits per heavy atom. The molecule has 2 aliphatic rings. The number of fused-ring (bicyclic) bond motifs is 1. The number of nitrogens with one attached hydrogen (secondary N) is 1. The first-order valence-electron chi connectivity index (χ1n) is 11.2. The van der Waals surface area contributed by atoms with Crippen LogP contribution in [-0.4, -0.2) is 55.6 Å². The van der Waals surface area contributed by atoms with E-state index in [0.29, 0.717) is 31.7 Å². The number of carbonyl (C=O) groups excluding carboxylic acids is 2. The predicted octanol–water partition coefficient (Wildman–Crippen LogP) is 2.64. The van der Waals surface area contributed by atoms with Gasteiger partial charge < -0.3 is 24.2 Å². The molecule has 8 nitrogen and oxygen atoms in total. The van der Waals surface area contributed by atoms with Crippen molar-refractivity contribution in [3.8, 4) is 11.5 Å². The Morgan fingerprint density at radius 2 is 1.91 bits per heavy atom. The largest absolute Gasteiger partial charge is 0.493 e. The second-order valence-corrected chi connectivity index (χ2v) is 8.70.